The molecule has 1 radical (unpaired) electrons. The molecule has 2 aliphatic rings. The van der Waals surface area contributed by atoms with Gasteiger partial charge in [-0.3, -0.25) is 14.5 Å². The maximum atomic E-state index is 13.2. The number of carbonyl (C=O) groups excluding carboxylic acids is 3. The third-order valence-corrected chi connectivity index (χ3v) is 8.53. The van der Waals surface area contributed by atoms with Crippen molar-refractivity contribution in [2.45, 2.75) is 68.7 Å². The summed E-state index contributed by atoms with van der Waals surface area (Å²) in [6.45, 7) is 3.72. The maximum absolute atomic E-state index is 13.2. The standard InChI is InChI=1S/C27H33N3O6S.Na/c1-27(2)23-14-11-20(36-3)17-22(23)24(31)30(25(27)32)16-15-18-9-12-21(13-10-18)37(34,35)29-26(33)28-19-7-5-4-6-8-19;/h9-14,17,19H,4-8,15-16H2,1-3H3,(H2,28,29,33);. The number of imide groups is 1. The number of sulfonamides is 1. The number of amides is 4. The van der Waals surface area contributed by atoms with E-state index in [-0.39, 0.29) is 58.9 Å². The van der Waals surface area contributed by atoms with E-state index in [1.807, 2.05) is 0 Å². The van der Waals surface area contributed by atoms with Gasteiger partial charge in [0, 0.05) is 47.7 Å². The molecule has 4 rings (SSSR count). The third kappa shape index (κ3) is 6.42. The molecule has 1 heterocycles. The molecule has 4 amide bonds. The van der Waals surface area contributed by atoms with Gasteiger partial charge in [0.2, 0.25) is 5.91 Å². The van der Waals surface area contributed by atoms with E-state index >= 15 is 0 Å². The number of urea groups is 1. The number of carbonyl (C=O) groups is 3. The van der Waals surface area contributed by atoms with Crippen LogP contribution in [0.5, 0.6) is 5.75 Å². The second kappa shape index (κ2) is 12.2. The summed E-state index contributed by atoms with van der Waals surface area (Å²) >= 11 is 0. The van der Waals surface area contributed by atoms with Crippen molar-refractivity contribution in [3.8, 4) is 5.75 Å². The van der Waals surface area contributed by atoms with E-state index in [9.17, 15) is 22.8 Å². The molecule has 0 spiro atoms. The van der Waals surface area contributed by atoms with Gasteiger partial charge in [0.25, 0.3) is 15.9 Å². The van der Waals surface area contributed by atoms with Crippen LogP contribution in [0.25, 0.3) is 0 Å². The van der Waals surface area contributed by atoms with Crippen LogP contribution < -0.4 is 14.8 Å². The number of nitrogens with zero attached hydrogens (tertiary/aromatic N) is 1. The summed E-state index contributed by atoms with van der Waals surface area (Å²) in [7, 11) is -2.51. The van der Waals surface area contributed by atoms with Gasteiger partial charge in [0.15, 0.2) is 0 Å². The topological polar surface area (TPSA) is 122 Å². The molecule has 199 valence electrons. The summed E-state index contributed by atoms with van der Waals surface area (Å²) < 4.78 is 32.6. The second-order valence-electron chi connectivity index (χ2n) is 10.1. The molecule has 0 atom stereocenters. The number of hydrogen-bond acceptors (Lipinski definition) is 6. The molecule has 0 unspecified atom stereocenters. The molecule has 2 aromatic rings. The van der Waals surface area contributed by atoms with Crippen molar-refractivity contribution >= 4 is 57.4 Å². The molecule has 0 saturated heterocycles. The van der Waals surface area contributed by atoms with Gasteiger partial charge < -0.3 is 10.1 Å². The molecule has 11 heteroatoms. The third-order valence-electron chi connectivity index (χ3n) is 7.18. The number of ether oxygens (including phenoxy) is 1. The average molecular weight is 551 g/mol. The summed E-state index contributed by atoms with van der Waals surface area (Å²) in [5.41, 5.74) is 0.967. The van der Waals surface area contributed by atoms with Crippen LogP contribution >= 0.6 is 0 Å². The number of hydrogen-bond donors (Lipinski definition) is 2. The SMILES string of the molecule is COc1ccc2c(c1)C(=O)N(CCc1ccc(S(=O)(=O)NC(=O)NC3CCCCC3)cc1)C(=O)C2(C)C.[Na]. The van der Waals surface area contributed by atoms with E-state index in [1.54, 1.807) is 44.2 Å². The fourth-order valence-electron chi connectivity index (χ4n) is 4.98. The predicted molar refractivity (Wildman–Crippen MR) is 144 cm³/mol. The van der Waals surface area contributed by atoms with Crippen molar-refractivity contribution in [3.05, 3.63) is 59.2 Å². The molecular formula is C27H33N3NaO6S. The van der Waals surface area contributed by atoms with Gasteiger partial charge >= 0.3 is 6.03 Å². The van der Waals surface area contributed by atoms with E-state index in [0.717, 1.165) is 37.7 Å². The quantitative estimate of drug-likeness (QED) is 0.404. The number of fused-ring (bicyclic) bond motifs is 1. The van der Waals surface area contributed by atoms with Crippen LogP contribution in [0.3, 0.4) is 0 Å². The first-order valence-electron chi connectivity index (χ1n) is 12.5. The Hall–Kier alpha value is -2.40. The zero-order valence-electron chi connectivity index (χ0n) is 22.4. The van der Waals surface area contributed by atoms with Gasteiger partial charge in [-0.05, 0) is 68.5 Å². The molecule has 2 aromatic carbocycles. The first-order valence-corrected chi connectivity index (χ1v) is 14.0. The molecule has 0 bridgehead atoms. The summed E-state index contributed by atoms with van der Waals surface area (Å²) in [6.07, 6.45) is 5.21. The van der Waals surface area contributed by atoms with E-state index < -0.39 is 21.5 Å². The van der Waals surface area contributed by atoms with Crippen molar-refractivity contribution in [3.63, 3.8) is 0 Å². The molecule has 38 heavy (non-hydrogen) atoms. The van der Waals surface area contributed by atoms with Crippen LogP contribution in [-0.2, 0) is 26.7 Å². The van der Waals surface area contributed by atoms with Crippen molar-refractivity contribution in [1.82, 2.24) is 14.9 Å². The smallest absolute Gasteiger partial charge is 0.328 e. The van der Waals surface area contributed by atoms with Crippen molar-refractivity contribution in [1.29, 1.82) is 0 Å². The molecule has 1 fully saturated rings. The Morgan fingerprint density at radius 2 is 1.71 bits per heavy atom. The van der Waals surface area contributed by atoms with Crippen LogP contribution in [0.4, 0.5) is 4.79 Å². The molecule has 0 aromatic heterocycles. The minimum atomic E-state index is -4.03. The zero-order chi connectivity index (χ0) is 26.8. The van der Waals surface area contributed by atoms with Crippen molar-refractivity contribution in [2.75, 3.05) is 13.7 Å². The molecule has 1 aliphatic carbocycles. The average Bonchev–Trinajstić information content (AvgIpc) is 2.88. The first kappa shape index (κ1) is 30.1. The molecule has 1 aliphatic heterocycles. The first-order chi connectivity index (χ1) is 17.5. The van der Waals surface area contributed by atoms with Crippen LogP contribution in [-0.4, -0.2) is 80.4 Å². The monoisotopic (exact) mass is 550 g/mol. The Kier molecular flexibility index (Phi) is 9.67. The molecule has 1 saturated carbocycles. The van der Waals surface area contributed by atoms with Crippen LogP contribution in [0, 0.1) is 0 Å². The van der Waals surface area contributed by atoms with Crippen molar-refractivity contribution in [2.24, 2.45) is 0 Å². The van der Waals surface area contributed by atoms with Crippen LogP contribution in [0.2, 0.25) is 0 Å². The fourth-order valence-corrected chi connectivity index (χ4v) is 5.90. The summed E-state index contributed by atoms with van der Waals surface area (Å²) in [5.74, 6) is -0.136. The van der Waals surface area contributed by atoms with E-state index in [4.69, 9.17) is 4.74 Å². The Morgan fingerprint density at radius 1 is 1.05 bits per heavy atom. The Morgan fingerprint density at radius 3 is 2.34 bits per heavy atom. The second-order valence-corrected chi connectivity index (χ2v) is 11.8. The van der Waals surface area contributed by atoms with Gasteiger partial charge in [-0.15, -0.1) is 0 Å². The maximum Gasteiger partial charge on any atom is 0.328 e. The number of nitrogens with one attached hydrogen (secondary N) is 2. The fraction of sp³-hybridized carbons (Fsp3) is 0.444. The van der Waals surface area contributed by atoms with Gasteiger partial charge in [-0.25, -0.2) is 17.9 Å². The number of methoxy groups -OCH3 is 1. The summed E-state index contributed by atoms with van der Waals surface area (Å²) in [6, 6.07) is 10.5. The Bertz CT molecular complexity index is 1300. The van der Waals surface area contributed by atoms with E-state index in [1.165, 1.54) is 24.1 Å². The van der Waals surface area contributed by atoms with Gasteiger partial charge in [-0.2, -0.15) is 0 Å². The molecular weight excluding hydrogens is 517 g/mol. The van der Waals surface area contributed by atoms with Crippen LogP contribution in [0.15, 0.2) is 47.4 Å². The number of benzene rings is 2. The van der Waals surface area contributed by atoms with Gasteiger partial charge in [-0.1, -0.05) is 37.5 Å². The summed E-state index contributed by atoms with van der Waals surface area (Å²) in [5, 5.41) is 2.74. The minimum Gasteiger partial charge on any atom is -0.497 e. The van der Waals surface area contributed by atoms with Crippen molar-refractivity contribution < 1.29 is 27.5 Å². The largest absolute Gasteiger partial charge is 0.497 e. The summed E-state index contributed by atoms with van der Waals surface area (Å²) in [4.78, 5) is 39.7. The van der Waals surface area contributed by atoms with E-state index in [2.05, 4.69) is 10.0 Å². The molecule has 2 N–H and O–H groups in total. The molecule has 9 nitrogen and oxygen atoms in total. The number of rotatable bonds is 7. The Labute approximate surface area is 246 Å². The normalized spacial score (nSPS) is 17.3. The zero-order valence-corrected chi connectivity index (χ0v) is 25.2. The van der Waals surface area contributed by atoms with E-state index in [0.29, 0.717) is 23.3 Å². The van der Waals surface area contributed by atoms with Gasteiger partial charge in [0.05, 0.1) is 17.4 Å². The van der Waals surface area contributed by atoms with Gasteiger partial charge in [0.1, 0.15) is 5.75 Å². The predicted octanol–water partition coefficient (Wildman–Crippen LogP) is 3.14. The Balaban J connectivity index is 0.00000400. The van der Waals surface area contributed by atoms with Crippen LogP contribution in [0.1, 0.15) is 67.4 Å². The minimum absolute atomic E-state index is 0.